The number of rotatable bonds is 3. The van der Waals surface area contributed by atoms with Gasteiger partial charge < -0.3 is 10.0 Å². The molecule has 1 saturated heterocycles. The number of anilines is 1. The predicted octanol–water partition coefficient (Wildman–Crippen LogP) is 5.51. The fourth-order valence-electron chi connectivity index (χ4n) is 6.11. The molecule has 0 amide bonds. The monoisotopic (exact) mass is 456 g/mol. The van der Waals surface area contributed by atoms with E-state index < -0.39 is 6.10 Å². The molecule has 1 N–H and O–H groups in total. The Morgan fingerprint density at radius 2 is 1.85 bits per heavy atom. The van der Waals surface area contributed by atoms with Gasteiger partial charge in [-0.25, -0.2) is 0 Å². The minimum Gasteiger partial charge on any atom is -0.388 e. The Bertz CT molecular complexity index is 1390. The summed E-state index contributed by atoms with van der Waals surface area (Å²) < 4.78 is 1.91. The molecule has 6 heteroatoms. The van der Waals surface area contributed by atoms with E-state index in [-0.39, 0.29) is 5.41 Å². The van der Waals surface area contributed by atoms with E-state index in [4.69, 9.17) is 11.6 Å². The molecule has 2 aromatic carbocycles. The van der Waals surface area contributed by atoms with Crippen LogP contribution in [0.15, 0.2) is 60.7 Å². The zero-order chi connectivity index (χ0) is 22.2. The van der Waals surface area contributed by atoms with Gasteiger partial charge in [-0.3, -0.25) is 4.40 Å². The van der Waals surface area contributed by atoms with E-state index in [0.29, 0.717) is 11.1 Å². The average molecular weight is 457 g/mol. The molecule has 2 fully saturated rings. The van der Waals surface area contributed by atoms with E-state index in [1.807, 2.05) is 22.6 Å². The van der Waals surface area contributed by atoms with Gasteiger partial charge in [0.05, 0.1) is 6.10 Å². The lowest BCUT2D eigenvalue weighted by atomic mass is 9.80. The molecular weight excluding hydrogens is 432 g/mol. The van der Waals surface area contributed by atoms with Crippen LogP contribution < -0.4 is 4.90 Å². The number of hydrogen-bond acceptors (Lipinski definition) is 4. The Kier molecular flexibility index (Phi) is 4.18. The predicted molar refractivity (Wildman–Crippen MR) is 130 cm³/mol. The lowest BCUT2D eigenvalue weighted by Crippen LogP contribution is -2.30. The highest BCUT2D eigenvalue weighted by Crippen LogP contribution is 2.52. The van der Waals surface area contributed by atoms with Gasteiger partial charge in [0.1, 0.15) is 5.15 Å². The summed E-state index contributed by atoms with van der Waals surface area (Å²) >= 11 is 6.47. The first-order chi connectivity index (χ1) is 16.1. The third-order valence-corrected chi connectivity index (χ3v) is 8.15. The standard InChI is InChI=1S/C27H25ClN4O/c28-24-6-3-7-25-29-30-26(32(24)25)31-13-12-27(16-31)15-23(33)21-14-18(10-11-22(21)27)20-5-2-1-4-19(20)17-8-9-17/h1-7,10-11,14,17,23,33H,8-9,12-13,15-16H2. The molecule has 2 aromatic heterocycles. The molecule has 2 aliphatic carbocycles. The van der Waals surface area contributed by atoms with Gasteiger partial charge in [-0.15, -0.1) is 10.2 Å². The Balaban J connectivity index is 1.25. The smallest absolute Gasteiger partial charge is 0.232 e. The molecule has 7 rings (SSSR count). The number of aromatic nitrogens is 3. The molecule has 1 aliphatic heterocycles. The van der Waals surface area contributed by atoms with Gasteiger partial charge in [0.25, 0.3) is 0 Å². The molecule has 33 heavy (non-hydrogen) atoms. The van der Waals surface area contributed by atoms with Crippen LogP contribution in [0.25, 0.3) is 16.8 Å². The van der Waals surface area contributed by atoms with Crippen molar-refractivity contribution in [2.75, 3.05) is 18.0 Å². The first-order valence-electron chi connectivity index (χ1n) is 11.8. The van der Waals surface area contributed by atoms with Crippen molar-refractivity contribution in [2.24, 2.45) is 0 Å². The van der Waals surface area contributed by atoms with Crippen molar-refractivity contribution in [3.63, 3.8) is 0 Å². The molecule has 5 nitrogen and oxygen atoms in total. The number of fused-ring (bicyclic) bond motifs is 3. The van der Waals surface area contributed by atoms with Crippen LogP contribution in [0.1, 0.15) is 54.4 Å². The van der Waals surface area contributed by atoms with Crippen LogP contribution in [-0.4, -0.2) is 32.8 Å². The second-order valence-corrected chi connectivity index (χ2v) is 10.3. The van der Waals surface area contributed by atoms with Crippen molar-refractivity contribution < 1.29 is 5.11 Å². The summed E-state index contributed by atoms with van der Waals surface area (Å²) in [5, 5.41) is 20.5. The molecule has 1 saturated carbocycles. The Labute approximate surface area is 197 Å². The van der Waals surface area contributed by atoms with E-state index in [9.17, 15) is 5.11 Å². The summed E-state index contributed by atoms with van der Waals surface area (Å²) in [5.41, 5.74) is 7.03. The van der Waals surface area contributed by atoms with Crippen LogP contribution in [-0.2, 0) is 5.41 Å². The first-order valence-corrected chi connectivity index (χ1v) is 12.2. The number of hydrogen-bond donors (Lipinski definition) is 1. The quantitative estimate of drug-likeness (QED) is 0.413. The Morgan fingerprint density at radius 1 is 0.970 bits per heavy atom. The number of pyridine rings is 1. The summed E-state index contributed by atoms with van der Waals surface area (Å²) in [7, 11) is 0. The normalized spacial score (nSPS) is 24.2. The highest BCUT2D eigenvalue weighted by atomic mass is 35.5. The fraction of sp³-hybridized carbons (Fsp3) is 0.333. The van der Waals surface area contributed by atoms with Gasteiger partial charge in [0.15, 0.2) is 5.65 Å². The lowest BCUT2D eigenvalue weighted by Gasteiger charge is -2.25. The van der Waals surface area contributed by atoms with E-state index in [2.05, 4.69) is 57.6 Å². The van der Waals surface area contributed by atoms with E-state index in [1.165, 1.54) is 35.1 Å². The van der Waals surface area contributed by atoms with Crippen molar-refractivity contribution in [1.82, 2.24) is 14.6 Å². The molecular formula is C27H25ClN4O. The van der Waals surface area contributed by atoms with E-state index in [1.54, 1.807) is 0 Å². The molecule has 2 unspecified atom stereocenters. The first kappa shape index (κ1) is 19.6. The molecule has 3 aliphatic rings. The van der Waals surface area contributed by atoms with Crippen molar-refractivity contribution in [3.05, 3.63) is 82.5 Å². The summed E-state index contributed by atoms with van der Waals surface area (Å²) in [6.45, 7) is 1.67. The average Bonchev–Trinajstić information content (AvgIpc) is 3.35. The van der Waals surface area contributed by atoms with Crippen molar-refractivity contribution in [3.8, 4) is 11.1 Å². The molecule has 0 bridgehead atoms. The zero-order valence-electron chi connectivity index (χ0n) is 18.3. The summed E-state index contributed by atoms with van der Waals surface area (Å²) in [6, 6.07) is 21.2. The van der Waals surface area contributed by atoms with Gasteiger partial charge in [0.2, 0.25) is 5.95 Å². The number of nitrogens with zero attached hydrogens (tertiary/aromatic N) is 4. The topological polar surface area (TPSA) is 53.7 Å². The second-order valence-electron chi connectivity index (χ2n) is 9.88. The highest BCUT2D eigenvalue weighted by molar-refractivity contribution is 6.29. The van der Waals surface area contributed by atoms with Crippen LogP contribution in [0.2, 0.25) is 5.15 Å². The van der Waals surface area contributed by atoms with E-state index >= 15 is 0 Å². The number of aliphatic hydroxyl groups excluding tert-OH is 1. The van der Waals surface area contributed by atoms with Crippen LogP contribution in [0.4, 0.5) is 5.95 Å². The summed E-state index contributed by atoms with van der Waals surface area (Å²) in [6.07, 6.45) is 3.85. The highest BCUT2D eigenvalue weighted by Gasteiger charge is 2.48. The largest absolute Gasteiger partial charge is 0.388 e. The third kappa shape index (κ3) is 2.95. The minimum absolute atomic E-state index is 0.0730. The van der Waals surface area contributed by atoms with Crippen LogP contribution >= 0.6 is 11.6 Å². The van der Waals surface area contributed by atoms with Gasteiger partial charge in [0, 0.05) is 18.5 Å². The maximum atomic E-state index is 11.1. The zero-order valence-corrected chi connectivity index (χ0v) is 19.0. The van der Waals surface area contributed by atoms with Crippen molar-refractivity contribution in [2.45, 2.75) is 43.1 Å². The van der Waals surface area contributed by atoms with Crippen LogP contribution in [0.5, 0.6) is 0 Å². The Morgan fingerprint density at radius 3 is 2.73 bits per heavy atom. The molecule has 0 radical (unpaired) electrons. The fourth-order valence-corrected chi connectivity index (χ4v) is 6.35. The molecule has 166 valence electrons. The second kappa shape index (κ2) is 7.05. The third-order valence-electron chi connectivity index (χ3n) is 7.86. The number of benzene rings is 2. The number of aliphatic hydroxyl groups is 1. The summed E-state index contributed by atoms with van der Waals surface area (Å²) in [5.74, 6) is 1.48. The molecule has 2 atom stereocenters. The molecule has 3 heterocycles. The SMILES string of the molecule is OC1CC2(CCN(c3nnc4cccc(Cl)n34)C2)c2ccc(-c3ccccc3C3CC3)cc21. The Hall–Kier alpha value is -2.89. The lowest BCUT2D eigenvalue weighted by molar-refractivity contribution is 0.158. The molecule has 1 spiro atoms. The van der Waals surface area contributed by atoms with Gasteiger partial charge >= 0.3 is 0 Å². The van der Waals surface area contributed by atoms with Crippen LogP contribution in [0.3, 0.4) is 0 Å². The van der Waals surface area contributed by atoms with E-state index in [0.717, 1.165) is 43.1 Å². The van der Waals surface area contributed by atoms with Gasteiger partial charge in [-0.1, -0.05) is 54.1 Å². The van der Waals surface area contributed by atoms with Crippen LogP contribution in [0, 0.1) is 0 Å². The molecule has 4 aromatic rings. The van der Waals surface area contributed by atoms with Crippen molar-refractivity contribution >= 4 is 23.2 Å². The number of halogens is 1. The maximum absolute atomic E-state index is 11.1. The summed E-state index contributed by atoms with van der Waals surface area (Å²) in [4.78, 5) is 2.27. The van der Waals surface area contributed by atoms with Gasteiger partial charge in [-0.05, 0) is 77.6 Å². The van der Waals surface area contributed by atoms with Crippen molar-refractivity contribution in [1.29, 1.82) is 0 Å². The van der Waals surface area contributed by atoms with Gasteiger partial charge in [-0.2, -0.15) is 0 Å². The maximum Gasteiger partial charge on any atom is 0.232 e. The minimum atomic E-state index is -0.438.